The molecule has 1 amide bonds. The molecule has 0 bridgehead atoms. The largest absolute Gasteiger partial charge is 0.444 e. The summed E-state index contributed by atoms with van der Waals surface area (Å²) in [6.45, 7) is 5.23. The minimum absolute atomic E-state index is 0.0120. The van der Waals surface area contributed by atoms with Crippen LogP contribution < -0.4 is 5.32 Å². The highest BCUT2D eigenvalue weighted by molar-refractivity contribution is 5.67. The van der Waals surface area contributed by atoms with Crippen molar-refractivity contribution in [3.63, 3.8) is 0 Å². The van der Waals surface area contributed by atoms with Crippen molar-refractivity contribution >= 4 is 6.09 Å². The molecule has 0 saturated heterocycles. The van der Waals surface area contributed by atoms with Crippen LogP contribution in [0.2, 0.25) is 0 Å². The van der Waals surface area contributed by atoms with Crippen molar-refractivity contribution in [2.45, 2.75) is 44.9 Å². The van der Waals surface area contributed by atoms with Crippen molar-refractivity contribution in [1.29, 1.82) is 0 Å². The first-order valence-corrected chi connectivity index (χ1v) is 5.51. The lowest BCUT2D eigenvalue weighted by Crippen LogP contribution is -2.50. The molecule has 0 spiro atoms. The Morgan fingerprint density at radius 2 is 2.12 bits per heavy atom. The number of aliphatic hydroxyl groups is 1. The van der Waals surface area contributed by atoms with Crippen molar-refractivity contribution in [3.05, 3.63) is 0 Å². The van der Waals surface area contributed by atoms with E-state index in [0.717, 1.165) is 0 Å². The number of carbonyl (C=O) groups excluding carboxylic acids is 1. The zero-order valence-corrected chi connectivity index (χ0v) is 10.0. The number of amides is 1. The third-order valence-electron chi connectivity index (χ3n) is 2.52. The fourth-order valence-electron chi connectivity index (χ4n) is 1.79. The molecule has 0 radical (unpaired) electrons. The summed E-state index contributed by atoms with van der Waals surface area (Å²) in [5.74, 6) is 0.0328. The van der Waals surface area contributed by atoms with Crippen LogP contribution in [0.5, 0.6) is 0 Å². The maximum absolute atomic E-state index is 13.8. The van der Waals surface area contributed by atoms with E-state index >= 15 is 0 Å². The van der Waals surface area contributed by atoms with Crippen LogP contribution in [-0.2, 0) is 4.74 Å². The lowest BCUT2D eigenvalue weighted by Gasteiger charge is -2.40. The third kappa shape index (κ3) is 3.96. The molecule has 5 heteroatoms. The van der Waals surface area contributed by atoms with E-state index in [1.165, 1.54) is 0 Å². The monoisotopic (exact) mass is 233 g/mol. The normalized spacial score (nSPS) is 29.4. The van der Waals surface area contributed by atoms with Gasteiger partial charge in [-0.15, -0.1) is 0 Å². The van der Waals surface area contributed by atoms with E-state index in [1.807, 2.05) is 0 Å². The highest BCUT2D eigenvalue weighted by Crippen LogP contribution is 2.40. The Hall–Kier alpha value is -0.840. The Bertz CT molecular complexity index is 256. The number of hydrogen-bond donors (Lipinski definition) is 2. The summed E-state index contributed by atoms with van der Waals surface area (Å²) in [6.07, 6.45) is 0.00969. The van der Waals surface area contributed by atoms with Crippen LogP contribution in [0.1, 0.15) is 33.6 Å². The van der Waals surface area contributed by atoms with Gasteiger partial charge in [0, 0.05) is 6.61 Å². The molecule has 94 valence electrons. The third-order valence-corrected chi connectivity index (χ3v) is 2.52. The number of carbonyl (C=O) groups is 1. The summed E-state index contributed by atoms with van der Waals surface area (Å²) in [4.78, 5) is 11.2. The Balaban J connectivity index is 2.23. The van der Waals surface area contributed by atoms with Crippen LogP contribution in [0.4, 0.5) is 9.18 Å². The standard InChI is InChI=1S/C11H20FNO3/c1-10(2,3)16-9(15)13-7-11(12)4-8(5-11)6-14/h8,14H,4-7H2,1-3H3,(H,13,15). The maximum atomic E-state index is 13.8. The molecule has 1 saturated carbocycles. The van der Waals surface area contributed by atoms with Gasteiger partial charge in [-0.3, -0.25) is 0 Å². The Kier molecular flexibility index (Phi) is 3.78. The van der Waals surface area contributed by atoms with Gasteiger partial charge in [0.15, 0.2) is 0 Å². The van der Waals surface area contributed by atoms with E-state index in [-0.39, 0.29) is 19.1 Å². The van der Waals surface area contributed by atoms with E-state index < -0.39 is 17.4 Å². The molecule has 0 heterocycles. The molecule has 1 aliphatic rings. The first-order chi connectivity index (χ1) is 7.24. The van der Waals surface area contributed by atoms with Gasteiger partial charge in [-0.05, 0) is 39.5 Å². The Morgan fingerprint density at radius 1 is 1.56 bits per heavy atom. The lowest BCUT2D eigenvalue weighted by atomic mass is 9.73. The highest BCUT2D eigenvalue weighted by atomic mass is 19.1. The number of ether oxygens (including phenoxy) is 1. The van der Waals surface area contributed by atoms with E-state index in [1.54, 1.807) is 20.8 Å². The van der Waals surface area contributed by atoms with Crippen LogP contribution in [0.3, 0.4) is 0 Å². The van der Waals surface area contributed by atoms with Crippen LogP contribution in [0, 0.1) is 5.92 Å². The van der Waals surface area contributed by atoms with Crippen molar-refractivity contribution in [2.75, 3.05) is 13.2 Å². The molecule has 0 aromatic rings. The second kappa shape index (κ2) is 4.57. The number of alkyl carbamates (subject to hydrolysis) is 1. The summed E-state index contributed by atoms with van der Waals surface area (Å²) >= 11 is 0. The van der Waals surface area contributed by atoms with Crippen LogP contribution >= 0.6 is 0 Å². The summed E-state index contributed by atoms with van der Waals surface area (Å²) in [6, 6.07) is 0. The van der Waals surface area contributed by atoms with Gasteiger partial charge < -0.3 is 15.2 Å². The summed E-state index contributed by atoms with van der Waals surface area (Å²) in [5, 5.41) is 11.2. The van der Waals surface area contributed by atoms with E-state index in [0.29, 0.717) is 12.8 Å². The molecule has 4 nitrogen and oxygen atoms in total. The number of rotatable bonds is 3. The smallest absolute Gasteiger partial charge is 0.407 e. The van der Waals surface area contributed by atoms with Gasteiger partial charge in [-0.25, -0.2) is 9.18 Å². The van der Waals surface area contributed by atoms with Crippen LogP contribution in [0.15, 0.2) is 0 Å². The van der Waals surface area contributed by atoms with Gasteiger partial charge in [0.25, 0.3) is 0 Å². The predicted octanol–water partition coefficient (Wildman–Crippen LogP) is 1.62. The van der Waals surface area contributed by atoms with Crippen molar-refractivity contribution in [2.24, 2.45) is 5.92 Å². The predicted molar refractivity (Wildman–Crippen MR) is 57.9 cm³/mol. The van der Waals surface area contributed by atoms with E-state index in [2.05, 4.69) is 5.32 Å². The number of nitrogens with one attached hydrogen (secondary N) is 1. The first kappa shape index (κ1) is 13.2. The SMILES string of the molecule is CC(C)(C)OC(=O)NCC1(F)CC(CO)C1. The summed E-state index contributed by atoms with van der Waals surface area (Å²) < 4.78 is 18.7. The Labute approximate surface area is 95.2 Å². The molecule has 2 N–H and O–H groups in total. The molecular formula is C11H20FNO3. The van der Waals surface area contributed by atoms with Gasteiger partial charge in [0.1, 0.15) is 11.3 Å². The van der Waals surface area contributed by atoms with Crippen molar-refractivity contribution < 1.29 is 19.0 Å². The summed E-state index contributed by atoms with van der Waals surface area (Å²) in [7, 11) is 0. The van der Waals surface area contributed by atoms with Crippen molar-refractivity contribution in [3.8, 4) is 0 Å². The molecule has 1 fully saturated rings. The molecule has 0 aromatic carbocycles. The number of aliphatic hydroxyl groups excluding tert-OH is 1. The summed E-state index contributed by atoms with van der Waals surface area (Å²) in [5.41, 5.74) is -1.94. The zero-order chi connectivity index (χ0) is 12.4. The molecule has 0 aromatic heterocycles. The van der Waals surface area contributed by atoms with Gasteiger partial charge in [-0.2, -0.15) is 0 Å². The van der Waals surface area contributed by atoms with Gasteiger partial charge >= 0.3 is 6.09 Å². The van der Waals surface area contributed by atoms with Gasteiger partial charge in [-0.1, -0.05) is 0 Å². The quantitative estimate of drug-likeness (QED) is 0.778. The fraction of sp³-hybridized carbons (Fsp3) is 0.909. The molecule has 0 atom stereocenters. The minimum atomic E-state index is -1.37. The van der Waals surface area contributed by atoms with Gasteiger partial charge in [0.05, 0.1) is 6.54 Å². The number of alkyl halides is 1. The molecule has 1 rings (SSSR count). The number of hydrogen-bond acceptors (Lipinski definition) is 3. The number of halogens is 1. The topological polar surface area (TPSA) is 58.6 Å². The van der Waals surface area contributed by atoms with Crippen molar-refractivity contribution in [1.82, 2.24) is 5.32 Å². The zero-order valence-electron chi connectivity index (χ0n) is 10.0. The molecule has 0 aliphatic heterocycles. The average Bonchev–Trinajstić information content (AvgIpc) is 2.07. The molecule has 1 aliphatic carbocycles. The van der Waals surface area contributed by atoms with Crippen LogP contribution in [0.25, 0.3) is 0 Å². The first-order valence-electron chi connectivity index (χ1n) is 5.51. The Morgan fingerprint density at radius 3 is 2.56 bits per heavy atom. The second-order valence-electron chi connectivity index (χ2n) is 5.46. The fourth-order valence-corrected chi connectivity index (χ4v) is 1.79. The molecule has 0 unspecified atom stereocenters. The van der Waals surface area contributed by atoms with E-state index in [9.17, 15) is 9.18 Å². The highest BCUT2D eigenvalue weighted by Gasteiger charge is 2.44. The average molecular weight is 233 g/mol. The second-order valence-corrected chi connectivity index (χ2v) is 5.46. The lowest BCUT2D eigenvalue weighted by molar-refractivity contribution is -0.0198. The molecular weight excluding hydrogens is 213 g/mol. The van der Waals surface area contributed by atoms with Crippen LogP contribution in [-0.4, -0.2) is 35.6 Å². The molecule has 16 heavy (non-hydrogen) atoms. The maximum Gasteiger partial charge on any atom is 0.407 e. The minimum Gasteiger partial charge on any atom is -0.444 e. The van der Waals surface area contributed by atoms with Gasteiger partial charge in [0.2, 0.25) is 0 Å². The van der Waals surface area contributed by atoms with E-state index in [4.69, 9.17) is 9.84 Å².